The topological polar surface area (TPSA) is 56.5 Å². The minimum absolute atomic E-state index is 0.723. The standard InChI is InChI=1S/C20H18ClN5S2/c1-2-11-26-18(14-7-9-22-10-8-14)24-25-20(26)28-13-15-12-27-19(23-15)16-5-3-4-6-17(16)21/h3-10,12H,2,11,13H2,1H3. The molecule has 5 nitrogen and oxygen atoms in total. The SMILES string of the molecule is CCCn1c(SCc2csc(-c3ccccc3Cl)n2)nnc1-c1ccncc1. The number of hydrogen-bond acceptors (Lipinski definition) is 6. The first-order valence-electron chi connectivity index (χ1n) is 8.92. The minimum atomic E-state index is 0.723. The number of benzene rings is 1. The number of halogens is 1. The molecule has 0 aliphatic carbocycles. The molecule has 142 valence electrons. The van der Waals surface area contributed by atoms with Crippen molar-refractivity contribution in [1.29, 1.82) is 0 Å². The fourth-order valence-corrected chi connectivity index (χ4v) is 4.91. The zero-order valence-corrected chi connectivity index (χ0v) is 17.6. The summed E-state index contributed by atoms with van der Waals surface area (Å²) in [7, 11) is 0. The van der Waals surface area contributed by atoms with Gasteiger partial charge in [-0.1, -0.05) is 48.5 Å². The molecule has 0 N–H and O–H groups in total. The van der Waals surface area contributed by atoms with E-state index in [9.17, 15) is 0 Å². The van der Waals surface area contributed by atoms with Crippen molar-refractivity contribution in [3.05, 3.63) is 64.9 Å². The van der Waals surface area contributed by atoms with E-state index in [-0.39, 0.29) is 0 Å². The van der Waals surface area contributed by atoms with Crippen LogP contribution < -0.4 is 0 Å². The molecule has 0 aliphatic rings. The van der Waals surface area contributed by atoms with Crippen LogP contribution in [0.1, 0.15) is 19.0 Å². The molecule has 0 saturated heterocycles. The monoisotopic (exact) mass is 427 g/mol. The van der Waals surface area contributed by atoms with Crippen LogP contribution in [-0.2, 0) is 12.3 Å². The van der Waals surface area contributed by atoms with E-state index in [2.05, 4.69) is 32.1 Å². The number of pyridine rings is 1. The Morgan fingerprint density at radius 1 is 1.11 bits per heavy atom. The lowest BCUT2D eigenvalue weighted by Gasteiger charge is -2.08. The molecule has 3 heterocycles. The van der Waals surface area contributed by atoms with Gasteiger partial charge in [0.1, 0.15) is 5.01 Å². The molecule has 0 amide bonds. The first-order valence-corrected chi connectivity index (χ1v) is 11.2. The van der Waals surface area contributed by atoms with Gasteiger partial charge in [0.15, 0.2) is 11.0 Å². The summed E-state index contributed by atoms with van der Waals surface area (Å²) in [5.41, 5.74) is 3.01. The molecule has 0 unspecified atom stereocenters. The summed E-state index contributed by atoms with van der Waals surface area (Å²) in [6.07, 6.45) is 4.56. The van der Waals surface area contributed by atoms with Crippen molar-refractivity contribution in [3.8, 4) is 22.0 Å². The maximum absolute atomic E-state index is 6.29. The number of thioether (sulfide) groups is 1. The molecule has 0 saturated carbocycles. The summed E-state index contributed by atoms with van der Waals surface area (Å²) < 4.78 is 2.17. The van der Waals surface area contributed by atoms with Gasteiger partial charge >= 0.3 is 0 Å². The number of rotatable bonds is 7. The Morgan fingerprint density at radius 2 is 1.93 bits per heavy atom. The van der Waals surface area contributed by atoms with Gasteiger partial charge in [0.2, 0.25) is 0 Å². The second-order valence-corrected chi connectivity index (χ2v) is 8.31. The smallest absolute Gasteiger partial charge is 0.191 e. The van der Waals surface area contributed by atoms with E-state index in [0.717, 1.165) is 56.6 Å². The van der Waals surface area contributed by atoms with Gasteiger partial charge in [0.05, 0.1) is 10.7 Å². The molecule has 0 aliphatic heterocycles. The van der Waals surface area contributed by atoms with Crippen LogP contribution in [0.4, 0.5) is 0 Å². The van der Waals surface area contributed by atoms with Crippen molar-refractivity contribution in [3.63, 3.8) is 0 Å². The van der Waals surface area contributed by atoms with E-state index in [1.807, 2.05) is 36.4 Å². The summed E-state index contributed by atoms with van der Waals surface area (Å²) in [6, 6.07) is 11.7. The molecule has 1 aromatic carbocycles. The Labute approximate surface area is 176 Å². The summed E-state index contributed by atoms with van der Waals surface area (Å²) in [6.45, 7) is 3.02. The summed E-state index contributed by atoms with van der Waals surface area (Å²) in [4.78, 5) is 8.83. The summed E-state index contributed by atoms with van der Waals surface area (Å²) in [5.74, 6) is 1.61. The van der Waals surface area contributed by atoms with E-state index in [1.54, 1.807) is 35.5 Å². The van der Waals surface area contributed by atoms with E-state index < -0.39 is 0 Å². The Hall–Kier alpha value is -2.22. The molecule has 8 heteroatoms. The molecule has 4 aromatic rings. The van der Waals surface area contributed by atoms with E-state index in [0.29, 0.717) is 0 Å². The van der Waals surface area contributed by atoms with Gasteiger partial charge in [-0.3, -0.25) is 4.98 Å². The molecule has 3 aromatic heterocycles. The van der Waals surface area contributed by atoms with Crippen molar-refractivity contribution in [2.75, 3.05) is 0 Å². The van der Waals surface area contributed by atoms with E-state index in [4.69, 9.17) is 16.6 Å². The highest BCUT2D eigenvalue weighted by Crippen LogP contribution is 2.32. The highest BCUT2D eigenvalue weighted by molar-refractivity contribution is 7.98. The zero-order chi connectivity index (χ0) is 19.3. The maximum Gasteiger partial charge on any atom is 0.191 e. The number of hydrogen-bond donors (Lipinski definition) is 0. The van der Waals surface area contributed by atoms with Crippen LogP contribution in [0, 0.1) is 0 Å². The van der Waals surface area contributed by atoms with Gasteiger partial charge in [-0.15, -0.1) is 21.5 Å². The number of nitrogens with zero attached hydrogens (tertiary/aromatic N) is 5. The predicted octanol–water partition coefficient (Wildman–Crippen LogP) is 5.82. The van der Waals surface area contributed by atoms with Crippen LogP contribution in [0.25, 0.3) is 22.0 Å². The van der Waals surface area contributed by atoms with Crippen LogP contribution in [0.2, 0.25) is 5.02 Å². The van der Waals surface area contributed by atoms with Gasteiger partial charge in [0, 0.05) is 41.2 Å². The largest absolute Gasteiger partial charge is 0.302 e. The molecular formula is C20H18ClN5S2. The molecule has 0 fully saturated rings. The van der Waals surface area contributed by atoms with Gasteiger partial charge in [-0.05, 0) is 24.6 Å². The maximum atomic E-state index is 6.29. The van der Waals surface area contributed by atoms with Crippen LogP contribution >= 0.6 is 34.7 Å². The van der Waals surface area contributed by atoms with E-state index >= 15 is 0 Å². The van der Waals surface area contributed by atoms with Crippen LogP contribution in [-0.4, -0.2) is 24.7 Å². The second kappa shape index (κ2) is 8.86. The number of thiazole rings is 1. The molecule has 0 spiro atoms. The molecule has 4 rings (SSSR count). The van der Waals surface area contributed by atoms with Crippen molar-refractivity contribution in [1.82, 2.24) is 24.7 Å². The molecule has 0 radical (unpaired) electrons. The molecule has 0 bridgehead atoms. The summed E-state index contributed by atoms with van der Waals surface area (Å²) >= 11 is 9.56. The average Bonchev–Trinajstić information content (AvgIpc) is 3.35. The fraction of sp³-hybridized carbons (Fsp3) is 0.200. The normalized spacial score (nSPS) is 11.1. The molecule has 28 heavy (non-hydrogen) atoms. The lowest BCUT2D eigenvalue weighted by atomic mass is 10.2. The second-order valence-electron chi connectivity index (χ2n) is 6.11. The van der Waals surface area contributed by atoms with Gasteiger partial charge in [-0.2, -0.15) is 0 Å². The van der Waals surface area contributed by atoms with Gasteiger partial charge in [0.25, 0.3) is 0 Å². The lowest BCUT2D eigenvalue weighted by Crippen LogP contribution is -2.02. The van der Waals surface area contributed by atoms with Crippen LogP contribution in [0.15, 0.2) is 59.3 Å². The quantitative estimate of drug-likeness (QED) is 0.348. The van der Waals surface area contributed by atoms with Crippen LogP contribution in [0.5, 0.6) is 0 Å². The third-order valence-corrected chi connectivity index (χ3v) is 6.36. The van der Waals surface area contributed by atoms with Crippen LogP contribution in [0.3, 0.4) is 0 Å². The Balaban J connectivity index is 1.53. The highest BCUT2D eigenvalue weighted by Gasteiger charge is 2.15. The van der Waals surface area contributed by atoms with Gasteiger partial charge in [-0.25, -0.2) is 4.98 Å². The van der Waals surface area contributed by atoms with Gasteiger partial charge < -0.3 is 4.57 Å². The predicted molar refractivity (Wildman–Crippen MR) is 116 cm³/mol. The fourth-order valence-electron chi connectivity index (χ4n) is 2.81. The third-order valence-electron chi connectivity index (χ3n) is 4.11. The third kappa shape index (κ3) is 4.11. The minimum Gasteiger partial charge on any atom is -0.302 e. The zero-order valence-electron chi connectivity index (χ0n) is 15.2. The van der Waals surface area contributed by atoms with Crippen molar-refractivity contribution in [2.45, 2.75) is 30.8 Å². The first kappa shape index (κ1) is 19.1. The Morgan fingerprint density at radius 3 is 2.71 bits per heavy atom. The lowest BCUT2D eigenvalue weighted by molar-refractivity contribution is 0.626. The van der Waals surface area contributed by atoms with Crippen molar-refractivity contribution < 1.29 is 0 Å². The first-order chi connectivity index (χ1) is 13.8. The van der Waals surface area contributed by atoms with E-state index in [1.165, 1.54) is 0 Å². The Kier molecular flexibility index (Phi) is 6.04. The summed E-state index contributed by atoms with van der Waals surface area (Å²) in [5, 5.41) is 13.5. The number of aromatic nitrogens is 5. The van der Waals surface area contributed by atoms with Crippen molar-refractivity contribution in [2.24, 2.45) is 0 Å². The molecular weight excluding hydrogens is 410 g/mol. The highest BCUT2D eigenvalue weighted by atomic mass is 35.5. The molecule has 0 atom stereocenters. The average molecular weight is 428 g/mol. The Bertz CT molecular complexity index is 1060. The van der Waals surface area contributed by atoms with Crippen molar-refractivity contribution >= 4 is 34.7 Å².